The summed E-state index contributed by atoms with van der Waals surface area (Å²) in [7, 11) is 0. The maximum Gasteiger partial charge on any atom is 0.103 e. The Morgan fingerprint density at radius 1 is 1.00 bits per heavy atom. The molecule has 24 heavy (non-hydrogen) atoms. The van der Waals surface area contributed by atoms with Gasteiger partial charge in [-0.05, 0) is 48.9 Å². The molecule has 3 aromatic rings. The third-order valence-corrected chi connectivity index (χ3v) is 5.79. The maximum absolute atomic E-state index is 4.48. The van der Waals surface area contributed by atoms with Gasteiger partial charge in [-0.1, -0.05) is 61.7 Å². The lowest BCUT2D eigenvalue weighted by Crippen LogP contribution is -2.30. The fourth-order valence-electron chi connectivity index (χ4n) is 4.35. The van der Waals surface area contributed by atoms with Crippen molar-refractivity contribution < 1.29 is 0 Å². The number of H-pyrrole nitrogens is 1. The average Bonchev–Trinajstić information content (AvgIpc) is 3.08. The van der Waals surface area contributed by atoms with Crippen LogP contribution in [0, 0.1) is 6.92 Å². The Morgan fingerprint density at radius 2 is 1.79 bits per heavy atom. The first kappa shape index (κ1) is 15.4. The number of aromatic nitrogens is 2. The van der Waals surface area contributed by atoms with Gasteiger partial charge in [0.2, 0.25) is 0 Å². The number of hydrogen-bond acceptors (Lipinski definition) is 1. The Bertz CT molecular complexity index is 825. The van der Waals surface area contributed by atoms with Crippen molar-refractivity contribution in [3.63, 3.8) is 0 Å². The zero-order valence-electron chi connectivity index (χ0n) is 14.5. The molecule has 2 nitrogen and oxygen atoms in total. The van der Waals surface area contributed by atoms with Crippen molar-refractivity contribution in [2.75, 3.05) is 0 Å². The van der Waals surface area contributed by atoms with Crippen molar-refractivity contribution in [1.29, 1.82) is 0 Å². The van der Waals surface area contributed by atoms with Crippen molar-refractivity contribution in [3.8, 4) is 0 Å². The van der Waals surface area contributed by atoms with E-state index in [0.29, 0.717) is 5.41 Å². The zero-order valence-corrected chi connectivity index (χ0v) is 14.5. The SMILES string of the molecule is Cc1ncc(C2(CCc3ccc4ccccc4c3)CCCCC2)[nH]1. The van der Waals surface area contributed by atoms with Gasteiger partial charge < -0.3 is 4.98 Å². The quantitative estimate of drug-likeness (QED) is 0.656. The fourth-order valence-corrected chi connectivity index (χ4v) is 4.35. The van der Waals surface area contributed by atoms with E-state index in [1.807, 2.05) is 0 Å². The van der Waals surface area contributed by atoms with E-state index in [1.54, 1.807) is 0 Å². The van der Waals surface area contributed by atoms with E-state index >= 15 is 0 Å². The molecule has 1 N–H and O–H groups in total. The van der Waals surface area contributed by atoms with Gasteiger partial charge in [-0.15, -0.1) is 0 Å². The Balaban J connectivity index is 1.58. The standard InChI is InChI=1S/C22H26N2/c1-17-23-16-21(24-17)22(12-5-2-6-13-22)14-11-18-9-10-19-7-3-4-8-20(19)15-18/h3-4,7-10,15-16H,2,5-6,11-14H2,1H3,(H,23,24). The third-order valence-electron chi connectivity index (χ3n) is 5.79. The second-order valence-electron chi connectivity index (χ2n) is 7.40. The van der Waals surface area contributed by atoms with E-state index in [0.717, 1.165) is 12.2 Å². The van der Waals surface area contributed by atoms with Crippen LogP contribution in [0.2, 0.25) is 0 Å². The van der Waals surface area contributed by atoms with Crippen LogP contribution in [0.5, 0.6) is 0 Å². The lowest BCUT2D eigenvalue weighted by atomic mass is 9.69. The number of fused-ring (bicyclic) bond motifs is 1. The van der Waals surface area contributed by atoms with Gasteiger partial charge in [0.1, 0.15) is 5.82 Å². The summed E-state index contributed by atoms with van der Waals surface area (Å²) in [5.74, 6) is 1.04. The van der Waals surface area contributed by atoms with Crippen LogP contribution in [0.3, 0.4) is 0 Å². The summed E-state index contributed by atoms with van der Waals surface area (Å²) in [6.07, 6.45) is 11.1. The van der Waals surface area contributed by atoms with Crippen LogP contribution in [0.1, 0.15) is 55.6 Å². The smallest absolute Gasteiger partial charge is 0.103 e. The molecule has 2 heteroatoms. The van der Waals surface area contributed by atoms with Crippen LogP contribution in [0.4, 0.5) is 0 Å². The highest BCUT2D eigenvalue weighted by molar-refractivity contribution is 5.82. The van der Waals surface area contributed by atoms with Crippen molar-refractivity contribution in [1.82, 2.24) is 9.97 Å². The predicted octanol–water partition coefficient (Wildman–Crippen LogP) is 5.71. The van der Waals surface area contributed by atoms with Gasteiger partial charge in [0.15, 0.2) is 0 Å². The van der Waals surface area contributed by atoms with Crippen LogP contribution >= 0.6 is 0 Å². The first-order chi connectivity index (χ1) is 11.8. The monoisotopic (exact) mass is 318 g/mol. The number of benzene rings is 2. The molecule has 1 fully saturated rings. The molecule has 1 heterocycles. The molecule has 0 atom stereocenters. The highest BCUT2D eigenvalue weighted by atomic mass is 14.9. The molecule has 1 saturated carbocycles. The van der Waals surface area contributed by atoms with Crippen molar-refractivity contribution in [2.24, 2.45) is 0 Å². The lowest BCUT2D eigenvalue weighted by Gasteiger charge is -2.36. The highest BCUT2D eigenvalue weighted by Crippen LogP contribution is 2.42. The van der Waals surface area contributed by atoms with Crippen LogP contribution in [-0.4, -0.2) is 9.97 Å². The Morgan fingerprint density at radius 3 is 2.54 bits per heavy atom. The number of rotatable bonds is 4. The van der Waals surface area contributed by atoms with Gasteiger partial charge in [-0.2, -0.15) is 0 Å². The summed E-state index contributed by atoms with van der Waals surface area (Å²) < 4.78 is 0. The molecule has 0 aliphatic heterocycles. The van der Waals surface area contributed by atoms with E-state index in [1.165, 1.54) is 60.6 Å². The summed E-state index contributed by atoms with van der Waals surface area (Å²) >= 11 is 0. The second kappa shape index (κ2) is 6.43. The van der Waals surface area contributed by atoms with Crippen molar-refractivity contribution >= 4 is 10.8 Å². The summed E-state index contributed by atoms with van der Waals surface area (Å²) in [5, 5.41) is 2.68. The summed E-state index contributed by atoms with van der Waals surface area (Å²) in [5.41, 5.74) is 3.11. The van der Waals surface area contributed by atoms with Crippen LogP contribution in [0.25, 0.3) is 10.8 Å². The average molecular weight is 318 g/mol. The van der Waals surface area contributed by atoms with Gasteiger partial charge in [0.05, 0.1) is 0 Å². The molecule has 1 aliphatic rings. The molecule has 2 aromatic carbocycles. The number of nitrogens with zero attached hydrogens (tertiary/aromatic N) is 1. The number of aryl methyl sites for hydroxylation is 2. The summed E-state index contributed by atoms with van der Waals surface area (Å²) in [4.78, 5) is 8.02. The van der Waals surface area contributed by atoms with Crippen LogP contribution < -0.4 is 0 Å². The molecule has 4 rings (SSSR count). The van der Waals surface area contributed by atoms with Gasteiger partial charge in [0, 0.05) is 17.3 Å². The van der Waals surface area contributed by atoms with E-state index in [2.05, 4.69) is 65.6 Å². The molecule has 0 spiro atoms. The molecule has 0 bridgehead atoms. The number of aromatic amines is 1. The molecular formula is C22H26N2. The highest BCUT2D eigenvalue weighted by Gasteiger charge is 2.34. The third kappa shape index (κ3) is 2.98. The first-order valence-electron chi connectivity index (χ1n) is 9.25. The normalized spacial score (nSPS) is 17.2. The van der Waals surface area contributed by atoms with E-state index < -0.39 is 0 Å². The summed E-state index contributed by atoms with van der Waals surface area (Å²) in [6.45, 7) is 2.06. The Hall–Kier alpha value is -2.09. The van der Waals surface area contributed by atoms with Crippen LogP contribution in [-0.2, 0) is 11.8 Å². The van der Waals surface area contributed by atoms with Crippen molar-refractivity contribution in [2.45, 2.75) is 57.3 Å². The predicted molar refractivity (Wildman–Crippen MR) is 100 cm³/mol. The molecular weight excluding hydrogens is 292 g/mol. The number of nitrogens with one attached hydrogen (secondary N) is 1. The minimum Gasteiger partial charge on any atom is -0.346 e. The topological polar surface area (TPSA) is 28.7 Å². The molecule has 1 aromatic heterocycles. The van der Waals surface area contributed by atoms with E-state index in [-0.39, 0.29) is 0 Å². The zero-order chi connectivity index (χ0) is 16.4. The Labute approximate surface area is 144 Å². The lowest BCUT2D eigenvalue weighted by molar-refractivity contribution is 0.268. The van der Waals surface area contributed by atoms with Gasteiger partial charge >= 0.3 is 0 Å². The molecule has 0 saturated heterocycles. The van der Waals surface area contributed by atoms with E-state index in [4.69, 9.17) is 0 Å². The molecule has 0 unspecified atom stereocenters. The van der Waals surface area contributed by atoms with Gasteiger partial charge in [0.25, 0.3) is 0 Å². The van der Waals surface area contributed by atoms with Crippen LogP contribution in [0.15, 0.2) is 48.7 Å². The first-order valence-corrected chi connectivity index (χ1v) is 9.25. The molecule has 1 aliphatic carbocycles. The second-order valence-corrected chi connectivity index (χ2v) is 7.40. The maximum atomic E-state index is 4.48. The minimum absolute atomic E-state index is 0.297. The Kier molecular flexibility index (Phi) is 4.13. The largest absolute Gasteiger partial charge is 0.346 e. The minimum atomic E-state index is 0.297. The molecule has 0 radical (unpaired) electrons. The summed E-state index contributed by atoms with van der Waals surface area (Å²) in [6, 6.07) is 15.6. The number of hydrogen-bond donors (Lipinski definition) is 1. The van der Waals surface area contributed by atoms with E-state index in [9.17, 15) is 0 Å². The van der Waals surface area contributed by atoms with Gasteiger partial charge in [-0.25, -0.2) is 4.98 Å². The van der Waals surface area contributed by atoms with Crippen molar-refractivity contribution in [3.05, 3.63) is 65.7 Å². The van der Waals surface area contributed by atoms with Gasteiger partial charge in [-0.3, -0.25) is 0 Å². The molecule has 0 amide bonds. The fraction of sp³-hybridized carbons (Fsp3) is 0.409. The number of imidazole rings is 1. The molecule has 124 valence electrons.